The Bertz CT molecular complexity index is 1040. The van der Waals surface area contributed by atoms with Gasteiger partial charge in [-0.05, 0) is 101 Å². The van der Waals surface area contributed by atoms with Crippen LogP contribution in [0.3, 0.4) is 0 Å². The van der Waals surface area contributed by atoms with Gasteiger partial charge in [-0.1, -0.05) is 12.8 Å². The monoisotopic (exact) mass is 560 g/mol. The molecule has 2 heterocycles. The van der Waals surface area contributed by atoms with Gasteiger partial charge in [0.2, 0.25) is 9.84 Å². The minimum absolute atomic E-state index is 0.155. The van der Waals surface area contributed by atoms with E-state index in [1.165, 1.54) is 37.1 Å². The molecule has 2 aromatic rings. The van der Waals surface area contributed by atoms with Crippen LogP contribution in [0.4, 0.5) is 0 Å². The summed E-state index contributed by atoms with van der Waals surface area (Å²) in [5.74, 6) is 1.03. The standard InChI is InChI=1S/C30H44N2O6S/c1-23-7-3-5-17-31(23)19-25(33)21-37-27-9-13-29(14-10-27)39(35,36)30-15-11-28(12-16-30)38-22-26(34)20-32-18-6-4-8-24(32)2/h9-16,23-26,33-34H,3-8,17-22H2,1-2H3/t23-,24-,25-,26+/m0/s1. The fourth-order valence-corrected chi connectivity index (χ4v) is 6.72. The Morgan fingerprint density at radius 1 is 0.718 bits per heavy atom. The SMILES string of the molecule is C[C@H]1CCCCN1C[C@H](O)COc1ccc(S(=O)(=O)c2ccc(OC[C@H](O)CN3CCCC[C@@H]3C)cc2)cc1. The highest BCUT2D eigenvalue weighted by molar-refractivity contribution is 7.91. The molecule has 2 fully saturated rings. The number of benzene rings is 2. The number of piperidine rings is 2. The number of nitrogens with zero attached hydrogens (tertiary/aromatic N) is 2. The summed E-state index contributed by atoms with van der Waals surface area (Å²) in [6.45, 7) is 7.83. The van der Waals surface area contributed by atoms with E-state index < -0.39 is 22.0 Å². The molecule has 0 bridgehead atoms. The van der Waals surface area contributed by atoms with Crippen molar-refractivity contribution in [2.75, 3.05) is 39.4 Å². The second-order valence-corrected chi connectivity index (χ2v) is 13.0. The molecule has 0 radical (unpaired) electrons. The summed E-state index contributed by atoms with van der Waals surface area (Å²) in [4.78, 5) is 4.92. The van der Waals surface area contributed by atoms with Crippen molar-refractivity contribution in [3.05, 3.63) is 48.5 Å². The Hall–Kier alpha value is -2.17. The molecule has 0 aliphatic carbocycles. The summed E-state index contributed by atoms with van der Waals surface area (Å²) in [5.41, 5.74) is 0. The minimum atomic E-state index is -3.71. The number of hydrogen-bond acceptors (Lipinski definition) is 8. The maximum absolute atomic E-state index is 13.1. The predicted molar refractivity (Wildman–Crippen MR) is 151 cm³/mol. The van der Waals surface area contributed by atoms with Gasteiger partial charge >= 0.3 is 0 Å². The maximum Gasteiger partial charge on any atom is 0.206 e. The molecular weight excluding hydrogens is 516 g/mol. The molecule has 216 valence electrons. The van der Waals surface area contributed by atoms with Gasteiger partial charge in [0.25, 0.3) is 0 Å². The molecule has 2 aliphatic heterocycles. The number of likely N-dealkylation sites (tertiary alicyclic amines) is 2. The van der Waals surface area contributed by atoms with Crippen molar-refractivity contribution in [2.24, 2.45) is 0 Å². The van der Waals surface area contributed by atoms with E-state index in [1.54, 1.807) is 24.3 Å². The molecule has 0 unspecified atom stereocenters. The van der Waals surface area contributed by atoms with Crippen LogP contribution in [0.25, 0.3) is 0 Å². The molecule has 9 heteroatoms. The lowest BCUT2D eigenvalue weighted by atomic mass is 10.0. The van der Waals surface area contributed by atoms with Crippen molar-refractivity contribution >= 4 is 9.84 Å². The van der Waals surface area contributed by atoms with Gasteiger partial charge in [-0.2, -0.15) is 0 Å². The zero-order chi connectivity index (χ0) is 27.8. The average Bonchev–Trinajstić information content (AvgIpc) is 2.94. The van der Waals surface area contributed by atoms with Gasteiger partial charge in [-0.25, -0.2) is 8.42 Å². The minimum Gasteiger partial charge on any atom is -0.491 e. The number of β-amino-alcohol motifs (C(OH)–C–C–N with tert-alkyl or cyclic N) is 2. The van der Waals surface area contributed by atoms with E-state index in [0.717, 1.165) is 38.8 Å². The van der Waals surface area contributed by atoms with E-state index in [1.807, 2.05) is 0 Å². The third-order valence-electron chi connectivity index (χ3n) is 7.92. The summed E-state index contributed by atoms with van der Waals surface area (Å²) >= 11 is 0. The lowest BCUT2D eigenvalue weighted by Gasteiger charge is -2.34. The van der Waals surface area contributed by atoms with Crippen LogP contribution in [0.1, 0.15) is 52.4 Å². The number of sulfone groups is 1. The lowest BCUT2D eigenvalue weighted by Crippen LogP contribution is -2.43. The Labute approximate surface area is 233 Å². The molecule has 2 saturated heterocycles. The topological polar surface area (TPSA) is 99.5 Å². The highest BCUT2D eigenvalue weighted by Crippen LogP contribution is 2.25. The van der Waals surface area contributed by atoms with Crippen LogP contribution in [-0.2, 0) is 9.84 Å². The van der Waals surface area contributed by atoms with Gasteiger partial charge < -0.3 is 19.7 Å². The average molecular weight is 561 g/mol. The van der Waals surface area contributed by atoms with Gasteiger partial charge in [0.1, 0.15) is 36.9 Å². The van der Waals surface area contributed by atoms with Gasteiger partial charge in [0, 0.05) is 25.2 Å². The van der Waals surface area contributed by atoms with E-state index in [9.17, 15) is 18.6 Å². The van der Waals surface area contributed by atoms with E-state index in [-0.39, 0.29) is 23.0 Å². The number of rotatable bonds is 12. The molecule has 2 aromatic carbocycles. The number of hydrogen-bond donors (Lipinski definition) is 2. The van der Waals surface area contributed by atoms with E-state index in [0.29, 0.717) is 36.7 Å². The largest absolute Gasteiger partial charge is 0.491 e. The molecular formula is C30H44N2O6S. The first-order chi connectivity index (χ1) is 18.7. The summed E-state index contributed by atoms with van der Waals surface area (Å²) in [5, 5.41) is 20.8. The number of aliphatic hydroxyl groups excluding tert-OH is 2. The summed E-state index contributed by atoms with van der Waals surface area (Å²) in [6.07, 6.45) is 5.88. The smallest absolute Gasteiger partial charge is 0.206 e. The maximum atomic E-state index is 13.1. The van der Waals surface area contributed by atoms with Crippen LogP contribution >= 0.6 is 0 Å². The van der Waals surface area contributed by atoms with Crippen molar-refractivity contribution in [1.29, 1.82) is 0 Å². The zero-order valence-corrected chi connectivity index (χ0v) is 24.1. The van der Waals surface area contributed by atoms with Crippen LogP contribution in [-0.4, -0.2) is 92.1 Å². The molecule has 0 spiro atoms. The fraction of sp³-hybridized carbons (Fsp3) is 0.600. The second kappa shape index (κ2) is 13.9. The Morgan fingerprint density at radius 3 is 1.46 bits per heavy atom. The van der Waals surface area contributed by atoms with E-state index in [2.05, 4.69) is 23.6 Å². The first-order valence-electron chi connectivity index (χ1n) is 14.3. The van der Waals surface area contributed by atoms with Crippen molar-refractivity contribution in [3.63, 3.8) is 0 Å². The van der Waals surface area contributed by atoms with Crippen molar-refractivity contribution in [3.8, 4) is 11.5 Å². The van der Waals surface area contributed by atoms with Crippen molar-refractivity contribution < 1.29 is 28.1 Å². The molecule has 0 amide bonds. The number of ether oxygens (including phenoxy) is 2. The highest BCUT2D eigenvalue weighted by Gasteiger charge is 2.23. The molecule has 2 aliphatic rings. The van der Waals surface area contributed by atoms with Gasteiger partial charge in [-0.3, -0.25) is 9.80 Å². The lowest BCUT2D eigenvalue weighted by molar-refractivity contribution is 0.0437. The first-order valence-corrected chi connectivity index (χ1v) is 15.8. The van der Waals surface area contributed by atoms with Crippen LogP contribution < -0.4 is 9.47 Å². The first kappa shape index (κ1) is 29.8. The van der Waals surface area contributed by atoms with Crippen LogP contribution in [0, 0.1) is 0 Å². The van der Waals surface area contributed by atoms with Gasteiger partial charge in [-0.15, -0.1) is 0 Å². The number of aliphatic hydroxyl groups is 2. The Balaban J connectivity index is 1.25. The molecule has 39 heavy (non-hydrogen) atoms. The normalized spacial score (nSPS) is 22.8. The fourth-order valence-electron chi connectivity index (χ4n) is 5.46. The van der Waals surface area contributed by atoms with Crippen LogP contribution in [0.5, 0.6) is 11.5 Å². The van der Waals surface area contributed by atoms with E-state index in [4.69, 9.17) is 9.47 Å². The highest BCUT2D eigenvalue weighted by atomic mass is 32.2. The zero-order valence-electron chi connectivity index (χ0n) is 23.2. The second-order valence-electron chi connectivity index (χ2n) is 11.1. The van der Waals surface area contributed by atoms with Crippen LogP contribution in [0.2, 0.25) is 0 Å². The van der Waals surface area contributed by atoms with Crippen LogP contribution in [0.15, 0.2) is 58.3 Å². The molecule has 8 nitrogen and oxygen atoms in total. The molecule has 4 atom stereocenters. The van der Waals surface area contributed by atoms with E-state index >= 15 is 0 Å². The predicted octanol–water partition coefficient (Wildman–Crippen LogP) is 3.75. The Morgan fingerprint density at radius 2 is 1.10 bits per heavy atom. The third kappa shape index (κ3) is 8.41. The summed E-state index contributed by atoms with van der Waals surface area (Å²) < 4.78 is 37.7. The summed E-state index contributed by atoms with van der Waals surface area (Å²) in [7, 11) is -3.71. The van der Waals surface area contributed by atoms with Gasteiger partial charge in [0.05, 0.1) is 9.79 Å². The summed E-state index contributed by atoms with van der Waals surface area (Å²) in [6, 6.07) is 13.5. The van der Waals surface area contributed by atoms with Gasteiger partial charge in [0.15, 0.2) is 0 Å². The third-order valence-corrected chi connectivity index (χ3v) is 9.71. The molecule has 4 rings (SSSR count). The molecule has 2 N–H and O–H groups in total. The quantitative estimate of drug-likeness (QED) is 0.405. The van der Waals surface area contributed by atoms with Crippen molar-refractivity contribution in [1.82, 2.24) is 9.80 Å². The Kier molecular flexibility index (Phi) is 10.7. The molecule has 0 saturated carbocycles. The molecule has 0 aromatic heterocycles. The van der Waals surface area contributed by atoms with Crippen molar-refractivity contribution in [2.45, 2.75) is 86.5 Å².